The lowest BCUT2D eigenvalue weighted by atomic mass is 10.6. The first-order valence-corrected chi connectivity index (χ1v) is 1.42. The Hall–Kier alpha value is -1.06. The second-order valence-electron chi connectivity index (χ2n) is 0.809. The van der Waals surface area contributed by atoms with E-state index < -0.39 is 0 Å². The summed E-state index contributed by atoms with van der Waals surface area (Å²) < 4.78 is 0. The van der Waals surface area contributed by atoms with Gasteiger partial charge in [-0.05, 0) is 6.92 Å². The van der Waals surface area contributed by atoms with E-state index in [1.54, 1.807) is 5.87 Å². The van der Waals surface area contributed by atoms with Crippen LogP contribution in [0.2, 0.25) is 0 Å². The van der Waals surface area contributed by atoms with Crippen molar-refractivity contribution >= 4 is 5.87 Å². The highest BCUT2D eigenvalue weighted by Gasteiger charge is 1.66. The molecule has 2 nitrogen and oxygen atoms in total. The van der Waals surface area contributed by atoms with E-state index in [2.05, 4.69) is 4.85 Å². The molecule has 0 atom stereocenters. The lowest BCUT2D eigenvalue weighted by Gasteiger charge is -1.72. The summed E-state index contributed by atoms with van der Waals surface area (Å²) >= 11 is 0. The minimum absolute atomic E-state index is 0.190. The standard InChI is InChI=1S/C4H3N2/c1-4(3-5)6-2/h1H3/q-1. The molecular weight excluding hydrogens is 76.1 g/mol. The Bertz CT molecular complexity index is 123. The third-order valence-electron chi connectivity index (χ3n) is 0.330. The summed E-state index contributed by atoms with van der Waals surface area (Å²) in [6.45, 7) is 7.65. The van der Waals surface area contributed by atoms with Crippen LogP contribution < -0.4 is 0 Å². The van der Waals surface area contributed by atoms with Gasteiger partial charge in [0, 0.05) is 0 Å². The van der Waals surface area contributed by atoms with E-state index in [1.165, 1.54) is 6.92 Å². The molecule has 0 aromatic heterocycles. The average molecular weight is 79.1 g/mol. The van der Waals surface area contributed by atoms with E-state index in [0.29, 0.717) is 0 Å². The first kappa shape index (κ1) is 4.94. The van der Waals surface area contributed by atoms with Gasteiger partial charge in [0.2, 0.25) is 0 Å². The molecule has 0 rings (SSSR count). The molecule has 0 bridgehead atoms. The van der Waals surface area contributed by atoms with Crippen molar-refractivity contribution in [1.29, 1.82) is 0 Å². The van der Waals surface area contributed by atoms with E-state index in [1.807, 2.05) is 0 Å². The summed E-state index contributed by atoms with van der Waals surface area (Å²) in [7, 11) is 0. The summed E-state index contributed by atoms with van der Waals surface area (Å²) in [6, 6.07) is 0. The Morgan fingerprint density at radius 2 is 2.50 bits per heavy atom. The van der Waals surface area contributed by atoms with Crippen LogP contribution in [0.5, 0.6) is 0 Å². The molecule has 0 N–H and O–H groups in total. The largest absolute Gasteiger partial charge is 0.776 e. The highest BCUT2D eigenvalue weighted by atomic mass is 14.6. The molecule has 2 heteroatoms. The third kappa shape index (κ3) is 1.28. The van der Waals surface area contributed by atoms with E-state index in [-0.39, 0.29) is 5.70 Å². The maximum atomic E-state index is 7.83. The molecule has 0 radical (unpaired) electrons. The average Bonchev–Trinajstić information content (AvgIpc) is 1.65. The normalized spacial score (nSPS) is 5.33. The zero-order valence-corrected chi connectivity index (χ0v) is 3.39. The van der Waals surface area contributed by atoms with Crippen molar-refractivity contribution in [3.8, 4) is 0 Å². The molecule has 30 valence electrons. The second-order valence-corrected chi connectivity index (χ2v) is 0.809. The number of allylic oxidation sites excluding steroid dienone is 1. The lowest BCUT2D eigenvalue weighted by Crippen LogP contribution is -1.55. The molecule has 0 saturated carbocycles. The van der Waals surface area contributed by atoms with Crippen molar-refractivity contribution in [2.24, 2.45) is 0 Å². The van der Waals surface area contributed by atoms with Gasteiger partial charge in [-0.3, -0.25) is 5.87 Å². The molecule has 0 unspecified atom stereocenters. The Morgan fingerprint density at radius 3 is 2.50 bits per heavy atom. The van der Waals surface area contributed by atoms with Crippen LogP contribution in [0, 0.1) is 6.57 Å². The smallest absolute Gasteiger partial charge is 0.180 e. The minimum Gasteiger partial charge on any atom is -0.776 e. The van der Waals surface area contributed by atoms with Gasteiger partial charge in [-0.25, -0.2) is 4.85 Å². The van der Waals surface area contributed by atoms with Gasteiger partial charge >= 0.3 is 0 Å². The van der Waals surface area contributed by atoms with Crippen LogP contribution >= 0.6 is 0 Å². The zero-order chi connectivity index (χ0) is 4.99. The molecule has 0 heterocycles. The molecule has 0 fully saturated rings. The lowest BCUT2D eigenvalue weighted by molar-refractivity contribution is 1.60. The SMILES string of the molecule is [C-]#[N+]C(C)=C=[N-]. The van der Waals surface area contributed by atoms with Crippen molar-refractivity contribution in [3.05, 3.63) is 22.5 Å². The van der Waals surface area contributed by atoms with Gasteiger partial charge in [-0.2, -0.15) is 0 Å². The Kier molecular flexibility index (Phi) is 1.81. The molecular formula is C4H3N2-. The topological polar surface area (TPSA) is 26.7 Å². The highest BCUT2D eigenvalue weighted by molar-refractivity contribution is 5.61. The van der Waals surface area contributed by atoms with Crippen LogP contribution in [0.15, 0.2) is 5.70 Å². The van der Waals surface area contributed by atoms with Gasteiger partial charge < -0.3 is 5.41 Å². The molecule has 0 aliphatic rings. The second kappa shape index (κ2) is 2.19. The summed E-state index contributed by atoms with van der Waals surface area (Å²) in [5, 5.41) is 7.83. The monoisotopic (exact) mass is 79.0 g/mol. The Morgan fingerprint density at radius 1 is 2.00 bits per heavy atom. The number of nitrogens with zero attached hydrogens (tertiary/aromatic N) is 2. The van der Waals surface area contributed by atoms with Crippen molar-refractivity contribution in [1.82, 2.24) is 0 Å². The van der Waals surface area contributed by atoms with Crippen LogP contribution in [-0.4, -0.2) is 5.87 Å². The van der Waals surface area contributed by atoms with Crippen LogP contribution in [0.25, 0.3) is 10.3 Å². The van der Waals surface area contributed by atoms with Crippen molar-refractivity contribution < 1.29 is 0 Å². The van der Waals surface area contributed by atoms with E-state index >= 15 is 0 Å². The fourth-order valence-electron chi connectivity index (χ4n) is 0.0250. The first-order valence-electron chi connectivity index (χ1n) is 1.42. The minimum atomic E-state index is 0.190. The van der Waals surface area contributed by atoms with Gasteiger partial charge in [0.15, 0.2) is 5.70 Å². The van der Waals surface area contributed by atoms with Crippen molar-refractivity contribution in [2.45, 2.75) is 6.92 Å². The Balaban J connectivity index is 3.99. The maximum Gasteiger partial charge on any atom is 0.180 e. The predicted molar refractivity (Wildman–Crippen MR) is 24.2 cm³/mol. The van der Waals surface area contributed by atoms with Gasteiger partial charge in [-0.1, -0.05) is 0 Å². The molecule has 0 aliphatic carbocycles. The van der Waals surface area contributed by atoms with Crippen molar-refractivity contribution in [2.75, 3.05) is 0 Å². The summed E-state index contributed by atoms with van der Waals surface area (Å²) in [6.07, 6.45) is 0. The summed E-state index contributed by atoms with van der Waals surface area (Å²) in [4.78, 5) is 2.81. The third-order valence-corrected chi connectivity index (χ3v) is 0.330. The quantitative estimate of drug-likeness (QED) is 0.306. The van der Waals surface area contributed by atoms with Crippen LogP contribution in [0.1, 0.15) is 6.92 Å². The fourth-order valence-corrected chi connectivity index (χ4v) is 0.0250. The molecule has 6 heavy (non-hydrogen) atoms. The molecule has 0 aromatic carbocycles. The number of hydrogen-bond donors (Lipinski definition) is 0. The number of hydrogen-bond acceptors (Lipinski definition) is 0. The van der Waals surface area contributed by atoms with E-state index in [0.717, 1.165) is 0 Å². The molecule has 0 saturated heterocycles. The van der Waals surface area contributed by atoms with Gasteiger partial charge in [0.25, 0.3) is 0 Å². The number of rotatable bonds is 0. The van der Waals surface area contributed by atoms with Crippen LogP contribution in [0.3, 0.4) is 0 Å². The maximum absolute atomic E-state index is 7.83. The van der Waals surface area contributed by atoms with Gasteiger partial charge in [-0.15, -0.1) is 0 Å². The first-order chi connectivity index (χ1) is 2.81. The molecule has 0 aliphatic heterocycles. The molecule has 0 aromatic rings. The van der Waals surface area contributed by atoms with Gasteiger partial charge in [0.1, 0.15) is 0 Å². The van der Waals surface area contributed by atoms with Gasteiger partial charge in [0.05, 0.1) is 6.57 Å². The Labute approximate surface area is 36.4 Å². The highest BCUT2D eigenvalue weighted by Crippen LogP contribution is 1.80. The van der Waals surface area contributed by atoms with Crippen LogP contribution in [0.4, 0.5) is 0 Å². The van der Waals surface area contributed by atoms with E-state index in [9.17, 15) is 0 Å². The predicted octanol–water partition coefficient (Wildman–Crippen LogP) is 1.05. The van der Waals surface area contributed by atoms with Crippen LogP contribution in [-0.2, 0) is 0 Å². The van der Waals surface area contributed by atoms with E-state index in [4.69, 9.17) is 12.0 Å². The summed E-state index contributed by atoms with van der Waals surface area (Å²) in [5.74, 6) is 1.68. The fraction of sp³-hybridized carbons (Fsp3) is 0.250. The van der Waals surface area contributed by atoms with Crippen molar-refractivity contribution in [3.63, 3.8) is 0 Å². The molecule has 0 amide bonds. The molecule has 0 spiro atoms. The summed E-state index contributed by atoms with van der Waals surface area (Å²) in [5.41, 5.74) is 0.190. The zero-order valence-electron chi connectivity index (χ0n) is 3.39.